The van der Waals surface area contributed by atoms with Gasteiger partial charge in [0, 0.05) is 23.8 Å². The third-order valence-electron chi connectivity index (χ3n) is 4.52. The lowest BCUT2D eigenvalue weighted by Crippen LogP contribution is -2.40. The monoisotopic (exact) mass is 308 g/mol. The van der Waals surface area contributed by atoms with Crippen molar-refractivity contribution in [2.24, 2.45) is 0 Å². The number of hydrogen-bond donors (Lipinski definition) is 1. The van der Waals surface area contributed by atoms with Crippen molar-refractivity contribution in [2.75, 3.05) is 10.2 Å². The minimum Gasteiger partial charge on any atom is -0.381 e. The van der Waals surface area contributed by atoms with Crippen molar-refractivity contribution >= 4 is 17.3 Å². The van der Waals surface area contributed by atoms with Gasteiger partial charge in [0.25, 0.3) is 0 Å². The second kappa shape index (κ2) is 5.73. The quantitative estimate of drug-likeness (QED) is 0.911. The van der Waals surface area contributed by atoms with E-state index < -0.39 is 5.41 Å². The Morgan fingerprint density at radius 1 is 1.04 bits per heavy atom. The number of benzene rings is 2. The van der Waals surface area contributed by atoms with E-state index in [0.29, 0.717) is 0 Å². The minimum absolute atomic E-state index is 0.160. The summed E-state index contributed by atoms with van der Waals surface area (Å²) >= 11 is 0. The third kappa shape index (κ3) is 2.61. The van der Waals surface area contributed by atoms with Gasteiger partial charge < -0.3 is 10.2 Å². The van der Waals surface area contributed by atoms with Crippen molar-refractivity contribution in [3.63, 3.8) is 0 Å². The fourth-order valence-electron chi connectivity index (χ4n) is 3.37. The molecule has 3 nitrogen and oxygen atoms in total. The maximum absolute atomic E-state index is 12.9. The van der Waals surface area contributed by atoms with Crippen molar-refractivity contribution < 1.29 is 4.79 Å². The molecule has 2 aromatic rings. The molecule has 2 aromatic carbocycles. The second-order valence-corrected chi connectivity index (χ2v) is 6.93. The van der Waals surface area contributed by atoms with Gasteiger partial charge in [0.2, 0.25) is 5.91 Å². The fraction of sp³-hybridized carbons (Fsp3) is 0.350. The Bertz CT molecular complexity index is 720. The molecule has 1 amide bonds. The molecule has 0 radical (unpaired) electrons. The van der Waals surface area contributed by atoms with Crippen molar-refractivity contribution in [1.82, 2.24) is 0 Å². The average molecular weight is 308 g/mol. The van der Waals surface area contributed by atoms with Crippen molar-refractivity contribution in [3.8, 4) is 0 Å². The first kappa shape index (κ1) is 15.6. The van der Waals surface area contributed by atoms with Crippen LogP contribution in [-0.4, -0.2) is 11.9 Å². The highest BCUT2D eigenvalue weighted by molar-refractivity contribution is 6.09. The predicted molar refractivity (Wildman–Crippen MR) is 95.9 cm³/mol. The Morgan fingerprint density at radius 3 is 2.39 bits per heavy atom. The van der Waals surface area contributed by atoms with E-state index in [1.807, 2.05) is 43.0 Å². The number of nitrogens with zero attached hydrogens (tertiary/aromatic N) is 1. The van der Waals surface area contributed by atoms with E-state index in [2.05, 4.69) is 43.4 Å². The number of hydrogen-bond acceptors (Lipinski definition) is 2. The maximum Gasteiger partial charge on any atom is 0.237 e. The Kier molecular flexibility index (Phi) is 3.88. The van der Waals surface area contributed by atoms with Gasteiger partial charge in [-0.2, -0.15) is 0 Å². The van der Waals surface area contributed by atoms with Gasteiger partial charge in [-0.3, -0.25) is 4.79 Å². The molecule has 1 aliphatic rings. The molecule has 1 aliphatic heterocycles. The minimum atomic E-state index is -0.500. The Hall–Kier alpha value is -2.29. The fourth-order valence-corrected chi connectivity index (χ4v) is 3.37. The number of rotatable bonds is 4. The standard InChI is InChI=1S/C20H24N2O/c1-14(2)22-17-12-8-11-16(18(17)20(3,4)19(22)23)21-13-15-9-6-5-7-10-15/h5-12,14,21H,13H2,1-4H3. The Morgan fingerprint density at radius 2 is 1.74 bits per heavy atom. The normalized spacial score (nSPS) is 15.9. The maximum atomic E-state index is 12.9. The van der Waals surface area contributed by atoms with Crippen LogP contribution in [-0.2, 0) is 16.8 Å². The van der Waals surface area contributed by atoms with Crippen LogP contribution >= 0.6 is 0 Å². The summed E-state index contributed by atoms with van der Waals surface area (Å²) in [5.74, 6) is 0.177. The summed E-state index contributed by atoms with van der Waals surface area (Å²) in [6, 6.07) is 16.6. The number of amides is 1. The molecule has 0 aromatic heterocycles. The number of carbonyl (C=O) groups excluding carboxylic acids is 1. The first-order chi connectivity index (χ1) is 10.9. The van der Waals surface area contributed by atoms with E-state index in [1.54, 1.807) is 0 Å². The van der Waals surface area contributed by atoms with Crippen LogP contribution in [0.1, 0.15) is 38.8 Å². The van der Waals surface area contributed by atoms with Gasteiger partial charge in [-0.05, 0) is 45.4 Å². The molecule has 1 N–H and O–H groups in total. The topological polar surface area (TPSA) is 32.3 Å². The molecule has 3 rings (SSSR count). The molecular formula is C20H24N2O. The zero-order valence-corrected chi connectivity index (χ0v) is 14.3. The van der Waals surface area contributed by atoms with Crippen LogP contribution < -0.4 is 10.2 Å². The number of carbonyl (C=O) groups is 1. The summed E-state index contributed by atoms with van der Waals surface area (Å²) in [7, 11) is 0. The van der Waals surface area contributed by atoms with Gasteiger partial charge in [-0.15, -0.1) is 0 Å². The van der Waals surface area contributed by atoms with E-state index in [1.165, 1.54) is 5.56 Å². The van der Waals surface area contributed by atoms with Gasteiger partial charge in [-0.25, -0.2) is 0 Å². The Balaban J connectivity index is 1.97. The van der Waals surface area contributed by atoms with Crippen LogP contribution in [0, 0.1) is 0 Å². The molecule has 0 spiro atoms. The van der Waals surface area contributed by atoms with Crippen molar-refractivity contribution in [1.29, 1.82) is 0 Å². The summed E-state index contributed by atoms with van der Waals surface area (Å²) in [6.45, 7) is 8.91. The zero-order valence-electron chi connectivity index (χ0n) is 14.3. The number of fused-ring (bicyclic) bond motifs is 1. The first-order valence-corrected chi connectivity index (χ1v) is 8.18. The smallest absolute Gasteiger partial charge is 0.237 e. The van der Waals surface area contributed by atoms with Crippen LogP contribution in [0.3, 0.4) is 0 Å². The van der Waals surface area contributed by atoms with Crippen LogP contribution in [0.25, 0.3) is 0 Å². The molecular weight excluding hydrogens is 284 g/mol. The van der Waals surface area contributed by atoms with Crippen LogP contribution in [0.15, 0.2) is 48.5 Å². The lowest BCUT2D eigenvalue weighted by atomic mass is 9.85. The molecule has 0 unspecified atom stereocenters. The van der Waals surface area contributed by atoms with Gasteiger partial charge >= 0.3 is 0 Å². The molecule has 0 saturated heterocycles. The highest BCUT2D eigenvalue weighted by atomic mass is 16.2. The Labute approximate surface area is 138 Å². The average Bonchev–Trinajstić information content (AvgIpc) is 2.74. The van der Waals surface area contributed by atoms with Crippen LogP contribution in [0.2, 0.25) is 0 Å². The lowest BCUT2D eigenvalue weighted by molar-refractivity contribution is -0.122. The highest BCUT2D eigenvalue weighted by Crippen LogP contribution is 2.46. The first-order valence-electron chi connectivity index (χ1n) is 8.18. The molecule has 3 heteroatoms. The predicted octanol–water partition coefficient (Wildman–Crippen LogP) is 4.33. The largest absolute Gasteiger partial charge is 0.381 e. The molecule has 0 fully saturated rings. The van der Waals surface area contributed by atoms with Crippen molar-refractivity contribution in [3.05, 3.63) is 59.7 Å². The third-order valence-corrected chi connectivity index (χ3v) is 4.52. The molecule has 120 valence electrons. The molecule has 1 heterocycles. The zero-order chi connectivity index (χ0) is 16.6. The van der Waals surface area contributed by atoms with E-state index in [0.717, 1.165) is 23.5 Å². The molecule has 0 aliphatic carbocycles. The van der Waals surface area contributed by atoms with Crippen molar-refractivity contribution in [2.45, 2.75) is 45.7 Å². The molecule has 0 saturated carbocycles. The summed E-state index contributed by atoms with van der Waals surface area (Å²) in [5, 5.41) is 3.52. The molecule has 0 atom stereocenters. The summed E-state index contributed by atoms with van der Waals surface area (Å²) in [4.78, 5) is 14.8. The molecule has 23 heavy (non-hydrogen) atoms. The summed E-state index contributed by atoms with van der Waals surface area (Å²) in [6.07, 6.45) is 0. The van der Waals surface area contributed by atoms with Gasteiger partial charge in [0.1, 0.15) is 0 Å². The van der Waals surface area contributed by atoms with Gasteiger partial charge in [0.15, 0.2) is 0 Å². The molecule has 0 bridgehead atoms. The van der Waals surface area contributed by atoms with E-state index >= 15 is 0 Å². The van der Waals surface area contributed by atoms with Crippen LogP contribution in [0.5, 0.6) is 0 Å². The lowest BCUT2D eigenvalue weighted by Gasteiger charge is -2.24. The van der Waals surface area contributed by atoms with E-state index in [9.17, 15) is 4.79 Å². The van der Waals surface area contributed by atoms with Gasteiger partial charge in [0.05, 0.1) is 11.1 Å². The van der Waals surface area contributed by atoms with E-state index in [4.69, 9.17) is 0 Å². The van der Waals surface area contributed by atoms with E-state index in [-0.39, 0.29) is 11.9 Å². The van der Waals surface area contributed by atoms with Crippen LogP contribution in [0.4, 0.5) is 11.4 Å². The number of nitrogens with one attached hydrogen (secondary N) is 1. The summed E-state index contributed by atoms with van der Waals surface area (Å²) in [5.41, 5.74) is 3.92. The highest BCUT2D eigenvalue weighted by Gasteiger charge is 2.46. The second-order valence-electron chi connectivity index (χ2n) is 6.93. The van der Waals surface area contributed by atoms with Gasteiger partial charge in [-0.1, -0.05) is 36.4 Å². The SMILES string of the molecule is CC(C)N1C(=O)C(C)(C)c2c(NCc3ccccc3)cccc21. The number of anilines is 2. The summed E-state index contributed by atoms with van der Waals surface area (Å²) < 4.78 is 0.